The predicted molar refractivity (Wildman–Crippen MR) is 100 cm³/mol. The number of fused-ring (bicyclic) bond motifs is 1. The molecular formula is C18H20FN7O3. The Morgan fingerprint density at radius 2 is 2.17 bits per heavy atom. The number of carbonyl (C=O) groups excluding carboxylic acids is 1. The van der Waals surface area contributed by atoms with Gasteiger partial charge in [-0.2, -0.15) is 9.49 Å². The van der Waals surface area contributed by atoms with Crippen molar-refractivity contribution < 1.29 is 19.4 Å². The molecule has 4 N–H and O–H groups in total. The first kappa shape index (κ1) is 19.2. The van der Waals surface area contributed by atoms with Gasteiger partial charge in [0.25, 0.3) is 5.91 Å². The van der Waals surface area contributed by atoms with Crippen molar-refractivity contribution in [3.05, 3.63) is 41.9 Å². The van der Waals surface area contributed by atoms with Crippen LogP contribution < -0.4 is 5.32 Å². The monoisotopic (exact) mass is 401 g/mol. The molecule has 10 nitrogen and oxygen atoms in total. The van der Waals surface area contributed by atoms with Gasteiger partial charge in [0.05, 0.1) is 30.2 Å². The van der Waals surface area contributed by atoms with E-state index in [-0.39, 0.29) is 17.8 Å². The second-order valence-corrected chi connectivity index (χ2v) is 7.02. The van der Waals surface area contributed by atoms with Gasteiger partial charge in [-0.05, 0) is 18.9 Å². The summed E-state index contributed by atoms with van der Waals surface area (Å²) < 4.78 is 13.8. The minimum absolute atomic E-state index is 0.0108. The largest absolute Gasteiger partial charge is 0.390 e. The molecule has 4 rings (SSSR count). The second kappa shape index (κ2) is 7.68. The average molecular weight is 401 g/mol. The van der Waals surface area contributed by atoms with Gasteiger partial charge >= 0.3 is 0 Å². The first-order chi connectivity index (χ1) is 14.0. The van der Waals surface area contributed by atoms with Crippen molar-refractivity contribution in [1.29, 1.82) is 0 Å². The molecule has 3 aromatic heterocycles. The van der Waals surface area contributed by atoms with E-state index in [1.165, 1.54) is 24.5 Å². The highest BCUT2D eigenvalue weighted by Crippen LogP contribution is 2.28. The Labute approximate surface area is 164 Å². The van der Waals surface area contributed by atoms with E-state index in [0.29, 0.717) is 29.7 Å². The van der Waals surface area contributed by atoms with Gasteiger partial charge in [0, 0.05) is 18.8 Å². The number of carbonyl (C=O) groups is 1. The second-order valence-electron chi connectivity index (χ2n) is 7.02. The summed E-state index contributed by atoms with van der Waals surface area (Å²) in [6.45, 7) is 0.0108. The molecule has 0 spiro atoms. The van der Waals surface area contributed by atoms with E-state index in [4.69, 9.17) is 0 Å². The minimum atomic E-state index is -0.942. The van der Waals surface area contributed by atoms with E-state index in [1.807, 2.05) is 0 Å². The summed E-state index contributed by atoms with van der Waals surface area (Å²) >= 11 is 0. The molecule has 3 heterocycles. The van der Waals surface area contributed by atoms with E-state index in [1.54, 1.807) is 12.1 Å². The summed E-state index contributed by atoms with van der Waals surface area (Å²) in [5, 5.41) is 30.1. The van der Waals surface area contributed by atoms with Crippen LogP contribution in [0.15, 0.2) is 24.7 Å². The van der Waals surface area contributed by atoms with Crippen molar-refractivity contribution in [3.63, 3.8) is 0 Å². The van der Waals surface area contributed by atoms with Crippen LogP contribution in [-0.4, -0.2) is 71.5 Å². The number of anilines is 1. The molecule has 1 aliphatic carbocycles. The standard InChI is InChI=1S/C18H20FN7O3/c1-26(7-9-3-2-6-20-15(9)19)18(29)13-12-16(21-8-22-17(12)25-24-13)23-10-4-5-11(27)14(10)28/h2-3,6,8,10-11,14,27-28H,4-5,7H2,1H3,(H2,21,22,23,24,25)/t10-,11-,14+/m1/s1. The van der Waals surface area contributed by atoms with E-state index in [2.05, 4.69) is 30.5 Å². The first-order valence-electron chi connectivity index (χ1n) is 9.12. The van der Waals surface area contributed by atoms with Gasteiger partial charge in [-0.1, -0.05) is 6.07 Å². The molecule has 29 heavy (non-hydrogen) atoms. The lowest BCUT2D eigenvalue weighted by Crippen LogP contribution is -2.34. The summed E-state index contributed by atoms with van der Waals surface area (Å²) in [7, 11) is 1.53. The Morgan fingerprint density at radius 1 is 1.34 bits per heavy atom. The molecule has 0 bridgehead atoms. The van der Waals surface area contributed by atoms with Crippen molar-refractivity contribution in [1.82, 2.24) is 30.0 Å². The molecule has 3 aromatic rings. The van der Waals surface area contributed by atoms with Crippen LogP contribution in [0, 0.1) is 5.95 Å². The summed E-state index contributed by atoms with van der Waals surface area (Å²) in [5.41, 5.74) is 0.698. The Hall–Kier alpha value is -3.18. The summed E-state index contributed by atoms with van der Waals surface area (Å²) in [6, 6.07) is 2.73. The van der Waals surface area contributed by atoms with Gasteiger partial charge in [-0.25, -0.2) is 15.0 Å². The molecule has 11 heteroatoms. The van der Waals surface area contributed by atoms with Crippen LogP contribution in [0.2, 0.25) is 0 Å². The van der Waals surface area contributed by atoms with E-state index in [0.717, 1.165) is 0 Å². The number of hydrogen-bond acceptors (Lipinski definition) is 8. The van der Waals surface area contributed by atoms with Gasteiger partial charge in [-0.3, -0.25) is 9.89 Å². The molecule has 1 saturated carbocycles. The predicted octanol–water partition coefficient (Wildman–Crippen LogP) is 0.455. The summed E-state index contributed by atoms with van der Waals surface area (Å²) in [5.74, 6) is -0.769. The lowest BCUT2D eigenvalue weighted by molar-refractivity contribution is 0.0392. The summed E-state index contributed by atoms with van der Waals surface area (Å²) in [6.07, 6.45) is 1.91. The smallest absolute Gasteiger partial charge is 0.275 e. The Balaban J connectivity index is 1.62. The van der Waals surface area contributed by atoms with Crippen molar-refractivity contribution >= 4 is 22.8 Å². The van der Waals surface area contributed by atoms with Crippen molar-refractivity contribution in [2.45, 2.75) is 37.6 Å². The molecule has 0 unspecified atom stereocenters. The molecule has 1 fully saturated rings. The Morgan fingerprint density at radius 3 is 2.90 bits per heavy atom. The fourth-order valence-corrected chi connectivity index (χ4v) is 3.46. The van der Waals surface area contributed by atoms with Crippen molar-refractivity contribution in [2.75, 3.05) is 12.4 Å². The lowest BCUT2D eigenvalue weighted by atomic mass is 10.2. The molecule has 0 radical (unpaired) electrons. The molecule has 152 valence electrons. The number of amides is 1. The average Bonchev–Trinajstić information content (AvgIpc) is 3.28. The normalized spacial score (nSPS) is 21.4. The molecule has 0 saturated heterocycles. The quantitative estimate of drug-likeness (QED) is 0.452. The van der Waals surface area contributed by atoms with Gasteiger partial charge in [0.2, 0.25) is 5.95 Å². The molecule has 0 aliphatic heterocycles. The summed E-state index contributed by atoms with van der Waals surface area (Å²) in [4.78, 5) is 26.2. The number of nitrogens with zero attached hydrogens (tertiary/aromatic N) is 5. The van der Waals surface area contributed by atoms with Gasteiger partial charge in [0.15, 0.2) is 11.3 Å². The zero-order valence-electron chi connectivity index (χ0n) is 15.6. The van der Waals surface area contributed by atoms with Crippen LogP contribution in [0.1, 0.15) is 28.9 Å². The highest BCUT2D eigenvalue weighted by Gasteiger charge is 2.34. The maximum Gasteiger partial charge on any atom is 0.275 e. The molecular weight excluding hydrogens is 381 g/mol. The number of hydrogen-bond donors (Lipinski definition) is 4. The SMILES string of the molecule is CN(Cc1cccnc1F)C(=O)c1n[nH]c2ncnc(N[C@@H]3CC[C@@H](O)[C@H]3O)c12. The fourth-order valence-electron chi connectivity index (χ4n) is 3.46. The Bertz CT molecular complexity index is 1040. The minimum Gasteiger partial charge on any atom is -0.390 e. The Kier molecular flexibility index (Phi) is 5.07. The number of halogens is 1. The highest BCUT2D eigenvalue weighted by atomic mass is 19.1. The number of nitrogens with one attached hydrogen (secondary N) is 2. The van der Waals surface area contributed by atoms with E-state index < -0.39 is 30.1 Å². The number of pyridine rings is 1. The maximum absolute atomic E-state index is 13.8. The number of aliphatic hydroxyl groups excluding tert-OH is 2. The maximum atomic E-state index is 13.8. The first-order valence-corrected chi connectivity index (χ1v) is 9.12. The number of aromatic amines is 1. The van der Waals surface area contributed by atoms with Gasteiger partial charge < -0.3 is 20.4 Å². The van der Waals surface area contributed by atoms with Crippen LogP contribution >= 0.6 is 0 Å². The van der Waals surface area contributed by atoms with Crippen LogP contribution in [0.5, 0.6) is 0 Å². The van der Waals surface area contributed by atoms with Crippen LogP contribution in [0.3, 0.4) is 0 Å². The fraction of sp³-hybridized carbons (Fsp3) is 0.389. The van der Waals surface area contributed by atoms with Crippen LogP contribution in [0.4, 0.5) is 10.2 Å². The lowest BCUT2D eigenvalue weighted by Gasteiger charge is -2.19. The number of H-pyrrole nitrogens is 1. The number of rotatable bonds is 5. The van der Waals surface area contributed by atoms with E-state index >= 15 is 0 Å². The third kappa shape index (κ3) is 3.61. The zero-order chi connectivity index (χ0) is 20.5. The molecule has 3 atom stereocenters. The van der Waals surface area contributed by atoms with Gasteiger partial charge in [0.1, 0.15) is 12.1 Å². The topological polar surface area (TPSA) is 140 Å². The number of aromatic nitrogens is 5. The zero-order valence-corrected chi connectivity index (χ0v) is 15.6. The molecule has 1 aliphatic rings. The van der Waals surface area contributed by atoms with Crippen LogP contribution in [-0.2, 0) is 6.54 Å². The van der Waals surface area contributed by atoms with E-state index in [9.17, 15) is 19.4 Å². The number of aliphatic hydroxyl groups is 2. The van der Waals surface area contributed by atoms with Gasteiger partial charge in [-0.15, -0.1) is 0 Å². The highest BCUT2D eigenvalue weighted by molar-refractivity contribution is 6.07. The van der Waals surface area contributed by atoms with Crippen LogP contribution in [0.25, 0.3) is 11.0 Å². The van der Waals surface area contributed by atoms with Crippen molar-refractivity contribution in [2.24, 2.45) is 0 Å². The third-order valence-electron chi connectivity index (χ3n) is 5.05. The molecule has 0 aromatic carbocycles. The third-order valence-corrected chi connectivity index (χ3v) is 5.05. The molecule has 1 amide bonds. The van der Waals surface area contributed by atoms with Crippen molar-refractivity contribution in [3.8, 4) is 0 Å².